The zero-order valence-corrected chi connectivity index (χ0v) is 24.1. The zero-order chi connectivity index (χ0) is 19.0. The predicted molar refractivity (Wildman–Crippen MR) is 94.9 cm³/mol. The summed E-state index contributed by atoms with van der Waals surface area (Å²) >= 11 is 0. The topological polar surface area (TPSA) is 108 Å². The van der Waals surface area contributed by atoms with Crippen LogP contribution in [0.3, 0.4) is 0 Å². The molecule has 0 amide bonds. The number of nitrogens with one attached hydrogen (secondary N) is 1. The van der Waals surface area contributed by atoms with E-state index >= 15 is 0 Å². The van der Waals surface area contributed by atoms with Gasteiger partial charge in [-0.05, 0) is 30.4 Å². The maximum atomic E-state index is 8.55. The first-order valence-electron chi connectivity index (χ1n) is 8.00. The normalized spacial score (nSPS) is 10.9. The van der Waals surface area contributed by atoms with Crippen LogP contribution >= 0.6 is 7.82 Å². The minimum Gasteiger partial charge on any atom is -0.822 e. The van der Waals surface area contributed by atoms with Crippen LogP contribution in [0.5, 0.6) is 5.75 Å². The molecule has 1 unspecified atom stereocenters. The van der Waals surface area contributed by atoms with Crippen molar-refractivity contribution in [1.29, 1.82) is 0 Å². The first-order chi connectivity index (χ1) is 12.3. The van der Waals surface area contributed by atoms with Crippen molar-refractivity contribution in [3.8, 4) is 5.75 Å². The van der Waals surface area contributed by atoms with E-state index in [4.69, 9.17) is 24.1 Å². The van der Waals surface area contributed by atoms with Gasteiger partial charge in [-0.2, -0.15) is 13.3 Å². The average Bonchev–Trinajstić information content (AvgIpc) is 2.59. The third-order valence-corrected chi connectivity index (χ3v) is 3.50. The van der Waals surface area contributed by atoms with Crippen LogP contribution < -0.4 is 114 Å². The fraction of sp³-hybridized carbons (Fsp3) is 0.158. The molecule has 1 N–H and O–H groups in total. The van der Waals surface area contributed by atoms with E-state index in [9.17, 15) is 0 Å². The van der Waals surface area contributed by atoms with Crippen molar-refractivity contribution in [1.82, 2.24) is 5.48 Å². The van der Waals surface area contributed by atoms with Gasteiger partial charge < -0.3 is 24.1 Å². The minimum atomic E-state index is -5.39. The molecule has 0 bridgehead atoms. The molecule has 0 aliphatic heterocycles. The fourth-order valence-corrected chi connectivity index (χ4v) is 2.46. The van der Waals surface area contributed by atoms with Crippen molar-refractivity contribution in [2.24, 2.45) is 0 Å². The maximum Gasteiger partial charge on any atom is 1.00 e. The number of hydroxylamine groups is 1. The molecule has 3 rings (SSSR count). The van der Waals surface area contributed by atoms with Crippen LogP contribution in [0.2, 0.25) is 0 Å². The Morgan fingerprint density at radius 3 is 2.00 bits per heavy atom. The van der Waals surface area contributed by atoms with E-state index in [1.54, 1.807) is 0 Å². The molecular formula is C19H19NNa3O5P. The van der Waals surface area contributed by atoms with Gasteiger partial charge in [-0.3, -0.25) is 0 Å². The standard InChI is InChI=1S/C19H19NO.3Na.H3O4P/c1-15(14-16-8-3-2-4-9-16)20-21-19-13-7-11-17-10-5-6-12-18(17)19;;;;1-5(2,3)4/h2-13,15,20H,14H2,1H3;;;;(H3,1,2,3,4)/q;3*+1;/p-3. The summed E-state index contributed by atoms with van der Waals surface area (Å²) in [5.41, 5.74) is 4.44. The van der Waals surface area contributed by atoms with Gasteiger partial charge in [-0.25, -0.2) is 0 Å². The summed E-state index contributed by atoms with van der Waals surface area (Å²) in [6, 6.07) is 25.0. The largest absolute Gasteiger partial charge is 1.00 e. The van der Waals surface area contributed by atoms with Gasteiger partial charge in [-0.15, -0.1) is 0 Å². The molecule has 0 saturated heterocycles. The molecule has 0 spiro atoms. The third kappa shape index (κ3) is 13.7. The van der Waals surface area contributed by atoms with Gasteiger partial charge in [0, 0.05) is 11.4 Å². The molecule has 0 radical (unpaired) electrons. The fourth-order valence-electron chi connectivity index (χ4n) is 2.46. The smallest absolute Gasteiger partial charge is 0.822 e. The quantitative estimate of drug-likeness (QED) is 0.240. The molecular weight excluding hydrogens is 422 g/mol. The predicted octanol–water partition coefficient (Wildman–Crippen LogP) is -7.46. The van der Waals surface area contributed by atoms with Crippen LogP contribution in [0.4, 0.5) is 0 Å². The van der Waals surface area contributed by atoms with Crippen LogP contribution in [0.1, 0.15) is 12.5 Å². The molecule has 0 saturated carbocycles. The molecule has 10 heteroatoms. The van der Waals surface area contributed by atoms with Crippen molar-refractivity contribution in [2.45, 2.75) is 19.4 Å². The second-order valence-electron chi connectivity index (χ2n) is 5.74. The Hall–Kier alpha value is 0.790. The molecule has 0 aliphatic carbocycles. The van der Waals surface area contributed by atoms with E-state index in [2.05, 4.69) is 54.9 Å². The van der Waals surface area contributed by atoms with Crippen LogP contribution in [0, 0.1) is 0 Å². The second-order valence-corrected chi connectivity index (χ2v) is 6.63. The first-order valence-corrected chi connectivity index (χ1v) is 9.46. The van der Waals surface area contributed by atoms with Gasteiger partial charge >= 0.3 is 88.7 Å². The monoisotopic (exact) mass is 441 g/mol. The van der Waals surface area contributed by atoms with Crippen molar-refractivity contribution in [3.63, 3.8) is 0 Å². The molecule has 6 nitrogen and oxygen atoms in total. The molecule has 0 aliphatic rings. The molecule has 3 aromatic carbocycles. The number of hydrogen-bond donors (Lipinski definition) is 1. The van der Waals surface area contributed by atoms with E-state index in [0.717, 1.165) is 17.6 Å². The van der Waals surface area contributed by atoms with Crippen molar-refractivity contribution in [3.05, 3.63) is 78.4 Å². The molecule has 29 heavy (non-hydrogen) atoms. The SMILES string of the molecule is CC(Cc1ccccc1)NOc1cccc2ccccc12.O=P([O-])([O-])[O-].[Na+].[Na+].[Na+]. The summed E-state index contributed by atoms with van der Waals surface area (Å²) < 4.78 is 8.55. The second kappa shape index (κ2) is 16.4. The Morgan fingerprint density at radius 2 is 1.38 bits per heavy atom. The number of hydrogen-bond acceptors (Lipinski definition) is 6. The van der Waals surface area contributed by atoms with Crippen LogP contribution in [0.15, 0.2) is 72.8 Å². The van der Waals surface area contributed by atoms with Crippen LogP contribution in [-0.4, -0.2) is 6.04 Å². The summed E-state index contributed by atoms with van der Waals surface area (Å²) in [7, 11) is -5.39. The maximum absolute atomic E-state index is 8.55. The Balaban J connectivity index is 0. The Labute approximate surface area is 237 Å². The molecule has 0 heterocycles. The summed E-state index contributed by atoms with van der Waals surface area (Å²) in [4.78, 5) is 31.4. The van der Waals surface area contributed by atoms with Gasteiger partial charge in [0.2, 0.25) is 0 Å². The van der Waals surface area contributed by atoms with E-state index < -0.39 is 7.82 Å². The molecule has 138 valence electrons. The summed E-state index contributed by atoms with van der Waals surface area (Å²) in [6.45, 7) is 2.12. The van der Waals surface area contributed by atoms with Crippen molar-refractivity contribution in [2.75, 3.05) is 0 Å². The van der Waals surface area contributed by atoms with Crippen LogP contribution in [-0.2, 0) is 11.0 Å². The van der Waals surface area contributed by atoms with Gasteiger partial charge in [0.15, 0.2) is 5.75 Å². The van der Waals surface area contributed by atoms with E-state index in [1.807, 2.05) is 30.3 Å². The third-order valence-electron chi connectivity index (χ3n) is 3.50. The Kier molecular flexibility index (Phi) is 18.1. The van der Waals surface area contributed by atoms with Crippen molar-refractivity contribution >= 4 is 18.6 Å². The van der Waals surface area contributed by atoms with Gasteiger partial charge in [0.1, 0.15) is 0 Å². The number of phosphoric acid groups is 1. The first kappa shape index (κ1) is 32.0. The average molecular weight is 441 g/mol. The van der Waals surface area contributed by atoms with Gasteiger partial charge in [0.05, 0.1) is 0 Å². The zero-order valence-electron chi connectivity index (χ0n) is 17.2. The number of fused-ring (bicyclic) bond motifs is 1. The van der Waals surface area contributed by atoms with Crippen LogP contribution in [0.25, 0.3) is 10.8 Å². The molecule has 0 aromatic heterocycles. The Bertz CT molecular complexity index is 866. The minimum absolute atomic E-state index is 0. The summed E-state index contributed by atoms with van der Waals surface area (Å²) in [5.74, 6) is 0.869. The Morgan fingerprint density at radius 1 is 0.862 bits per heavy atom. The summed E-state index contributed by atoms with van der Waals surface area (Å²) in [5, 5.41) is 2.31. The number of rotatable bonds is 5. The molecule has 3 aromatic rings. The van der Waals surface area contributed by atoms with Gasteiger partial charge in [0.25, 0.3) is 0 Å². The van der Waals surface area contributed by atoms with Gasteiger partial charge in [-0.1, -0.05) is 66.7 Å². The van der Waals surface area contributed by atoms with Crippen molar-refractivity contribution < 1.29 is 113 Å². The summed E-state index contributed by atoms with van der Waals surface area (Å²) in [6.07, 6.45) is 0.936. The van der Waals surface area contributed by atoms with E-state index in [1.165, 1.54) is 10.9 Å². The van der Waals surface area contributed by atoms with E-state index in [0.29, 0.717) is 0 Å². The molecule has 1 atom stereocenters. The number of benzene rings is 3. The van der Waals surface area contributed by atoms with E-state index in [-0.39, 0.29) is 94.7 Å². The molecule has 0 fully saturated rings.